The smallest absolute Gasteiger partial charge is 0.339 e. The number of benzene rings is 2. The lowest BCUT2D eigenvalue weighted by atomic mass is 9.97. The van der Waals surface area contributed by atoms with Crippen LogP contribution in [0.1, 0.15) is 11.1 Å². The molecule has 0 amide bonds. The van der Waals surface area contributed by atoms with Crippen molar-refractivity contribution >= 4 is 29.2 Å². The molecular formula is C17H11NO3S. The average Bonchev–Trinajstić information content (AvgIpc) is 2.96. The predicted octanol–water partition coefficient (Wildman–Crippen LogP) is 3.66. The quantitative estimate of drug-likeness (QED) is 0.490. The Bertz CT molecular complexity index is 761. The molecule has 4 nitrogen and oxygen atoms in total. The van der Waals surface area contributed by atoms with Crippen LogP contribution in [0, 0.1) is 11.5 Å². The molecule has 22 heavy (non-hydrogen) atoms. The lowest BCUT2D eigenvalue weighted by Crippen LogP contribution is -1.98. The van der Waals surface area contributed by atoms with Crippen LogP contribution in [0.15, 0.2) is 59.5 Å². The second-order valence-electron chi connectivity index (χ2n) is 4.58. The summed E-state index contributed by atoms with van der Waals surface area (Å²) in [6, 6.07) is 17.0. The van der Waals surface area contributed by atoms with Crippen LogP contribution in [0.5, 0.6) is 0 Å². The maximum Gasteiger partial charge on any atom is 0.339 e. The van der Waals surface area contributed by atoms with Gasteiger partial charge >= 0.3 is 5.97 Å². The summed E-state index contributed by atoms with van der Waals surface area (Å²) < 4.78 is 9.82. The van der Waals surface area contributed by atoms with Crippen LogP contribution in [0.3, 0.4) is 0 Å². The van der Waals surface area contributed by atoms with Crippen LogP contribution >= 0.6 is 12.0 Å². The van der Waals surface area contributed by atoms with Crippen molar-refractivity contribution in [3.05, 3.63) is 65.7 Å². The average molecular weight is 309 g/mol. The molecule has 0 N–H and O–H groups in total. The molecule has 0 unspecified atom stereocenters. The maximum atomic E-state index is 12.0. The van der Waals surface area contributed by atoms with Crippen molar-refractivity contribution in [1.29, 1.82) is 5.26 Å². The zero-order valence-electron chi connectivity index (χ0n) is 11.5. The number of rotatable bonds is 4. The molecular weight excluding hydrogens is 298 g/mol. The first-order valence-electron chi connectivity index (χ1n) is 6.58. The summed E-state index contributed by atoms with van der Waals surface area (Å²) in [5.74, 6) is -0.299. The van der Waals surface area contributed by atoms with Gasteiger partial charge in [-0.25, -0.2) is 4.79 Å². The molecule has 0 saturated carbocycles. The predicted molar refractivity (Wildman–Crippen MR) is 83.2 cm³/mol. The number of carbonyl (C=O) groups is 1. The highest BCUT2D eigenvalue weighted by molar-refractivity contribution is 7.94. The van der Waals surface area contributed by atoms with E-state index < -0.39 is 0 Å². The van der Waals surface area contributed by atoms with Gasteiger partial charge in [0, 0.05) is 10.5 Å². The van der Waals surface area contributed by atoms with E-state index in [1.54, 1.807) is 6.26 Å². The lowest BCUT2D eigenvalue weighted by Gasteiger charge is -2.05. The van der Waals surface area contributed by atoms with Crippen LogP contribution in [-0.2, 0) is 13.7 Å². The van der Waals surface area contributed by atoms with Gasteiger partial charge in [0.15, 0.2) is 0 Å². The second kappa shape index (κ2) is 6.37. The van der Waals surface area contributed by atoms with Gasteiger partial charge < -0.3 is 8.92 Å². The highest BCUT2D eigenvalue weighted by Gasteiger charge is 2.26. The SMILES string of the molecule is N#COSc1ccc(C2=C(c3ccccc3)C(=O)OC2)cc1. The van der Waals surface area contributed by atoms with Crippen LogP contribution in [0.25, 0.3) is 11.1 Å². The molecule has 0 radical (unpaired) electrons. The molecule has 0 fully saturated rings. The van der Waals surface area contributed by atoms with Gasteiger partial charge in [-0.2, -0.15) is 0 Å². The van der Waals surface area contributed by atoms with Crippen LogP contribution < -0.4 is 0 Å². The summed E-state index contributed by atoms with van der Waals surface area (Å²) in [5, 5.41) is 8.39. The third-order valence-corrected chi connectivity index (χ3v) is 3.92. The lowest BCUT2D eigenvalue weighted by molar-refractivity contribution is -0.133. The molecule has 1 aliphatic rings. The first-order valence-corrected chi connectivity index (χ1v) is 7.32. The van der Waals surface area contributed by atoms with Crippen molar-refractivity contribution in [1.82, 2.24) is 0 Å². The standard InChI is InChI=1S/C17H11NO3S/c18-11-21-22-14-8-6-12(7-9-14)15-10-20-17(19)16(15)13-4-2-1-3-5-13/h1-9H,10H2. The minimum absolute atomic E-state index is 0.268. The number of carbonyl (C=O) groups excluding carboxylic acids is 1. The molecule has 5 heteroatoms. The number of nitriles is 1. The summed E-state index contributed by atoms with van der Waals surface area (Å²) >= 11 is 0.994. The fourth-order valence-electron chi connectivity index (χ4n) is 2.31. The molecule has 0 atom stereocenters. The third kappa shape index (κ3) is 2.83. The summed E-state index contributed by atoms with van der Waals surface area (Å²) in [7, 11) is 0. The van der Waals surface area contributed by atoms with Crippen molar-refractivity contribution in [3.63, 3.8) is 0 Å². The van der Waals surface area contributed by atoms with Gasteiger partial charge in [-0.15, -0.1) is 5.26 Å². The van der Waals surface area contributed by atoms with Gasteiger partial charge in [-0.05, 0) is 23.3 Å². The van der Waals surface area contributed by atoms with Crippen LogP contribution in [0.4, 0.5) is 0 Å². The number of hydrogen-bond donors (Lipinski definition) is 0. The molecule has 2 aromatic rings. The fourth-order valence-corrected chi connectivity index (χ4v) is 2.69. The van der Waals surface area contributed by atoms with Crippen molar-refractivity contribution in [2.75, 3.05) is 6.61 Å². The molecule has 108 valence electrons. The molecule has 1 aliphatic heterocycles. The number of nitrogens with zero attached hydrogens (tertiary/aromatic N) is 1. The number of ether oxygens (including phenoxy) is 1. The zero-order chi connectivity index (χ0) is 15.4. The number of cyclic esters (lactones) is 1. The van der Waals surface area contributed by atoms with Crippen LogP contribution in [0.2, 0.25) is 0 Å². The molecule has 1 heterocycles. The topological polar surface area (TPSA) is 59.3 Å². The Kier molecular flexibility index (Phi) is 4.12. The van der Waals surface area contributed by atoms with E-state index in [2.05, 4.69) is 4.18 Å². The van der Waals surface area contributed by atoms with E-state index in [-0.39, 0.29) is 12.6 Å². The van der Waals surface area contributed by atoms with E-state index >= 15 is 0 Å². The minimum Gasteiger partial charge on any atom is -0.457 e. The van der Waals surface area contributed by atoms with Crippen LogP contribution in [-0.4, -0.2) is 12.6 Å². The van der Waals surface area contributed by atoms with Gasteiger partial charge in [-0.1, -0.05) is 42.5 Å². The fraction of sp³-hybridized carbons (Fsp3) is 0.0588. The minimum atomic E-state index is -0.299. The molecule has 0 aromatic heterocycles. The molecule has 0 aliphatic carbocycles. The Morgan fingerprint density at radius 2 is 1.77 bits per heavy atom. The first kappa shape index (κ1) is 14.2. The van der Waals surface area contributed by atoms with Gasteiger partial charge in [0.2, 0.25) is 0 Å². The monoisotopic (exact) mass is 309 g/mol. The zero-order valence-corrected chi connectivity index (χ0v) is 12.3. The van der Waals surface area contributed by atoms with Crippen molar-refractivity contribution in [3.8, 4) is 6.26 Å². The van der Waals surface area contributed by atoms with E-state index in [0.717, 1.165) is 33.6 Å². The van der Waals surface area contributed by atoms with Crippen molar-refractivity contribution < 1.29 is 13.7 Å². The molecule has 0 saturated heterocycles. The van der Waals surface area contributed by atoms with Crippen molar-refractivity contribution in [2.24, 2.45) is 0 Å². The molecule has 2 aromatic carbocycles. The maximum absolute atomic E-state index is 12.0. The van der Waals surface area contributed by atoms with Gasteiger partial charge in [0.05, 0.1) is 5.57 Å². The molecule has 3 rings (SSSR count). The third-order valence-electron chi connectivity index (χ3n) is 3.29. The van der Waals surface area contributed by atoms with Gasteiger partial charge in [0.1, 0.15) is 18.6 Å². The van der Waals surface area contributed by atoms with Crippen molar-refractivity contribution in [2.45, 2.75) is 4.90 Å². The normalized spacial score (nSPS) is 13.7. The van der Waals surface area contributed by atoms with E-state index in [4.69, 9.17) is 10.00 Å². The molecule has 0 bridgehead atoms. The largest absolute Gasteiger partial charge is 0.457 e. The summed E-state index contributed by atoms with van der Waals surface area (Å²) in [4.78, 5) is 12.8. The Balaban J connectivity index is 1.96. The Hall–Kier alpha value is -2.71. The highest BCUT2D eigenvalue weighted by atomic mass is 32.2. The van der Waals surface area contributed by atoms with E-state index in [9.17, 15) is 4.79 Å². The molecule has 0 spiro atoms. The highest BCUT2D eigenvalue weighted by Crippen LogP contribution is 2.33. The number of esters is 1. The van der Waals surface area contributed by atoms with Gasteiger partial charge in [0.25, 0.3) is 6.26 Å². The summed E-state index contributed by atoms with van der Waals surface area (Å²) in [5.41, 5.74) is 3.25. The first-order chi connectivity index (χ1) is 10.8. The summed E-state index contributed by atoms with van der Waals surface area (Å²) in [6.07, 6.45) is 1.61. The van der Waals surface area contributed by atoms with Gasteiger partial charge in [-0.3, -0.25) is 0 Å². The van der Waals surface area contributed by atoms with E-state index in [0.29, 0.717) is 5.57 Å². The Morgan fingerprint density at radius 3 is 2.45 bits per heavy atom. The Morgan fingerprint density at radius 1 is 1.05 bits per heavy atom. The van der Waals surface area contributed by atoms with E-state index in [1.165, 1.54) is 0 Å². The Labute approximate surface area is 132 Å². The summed E-state index contributed by atoms with van der Waals surface area (Å²) in [6.45, 7) is 0.268. The van der Waals surface area contributed by atoms with E-state index in [1.807, 2.05) is 54.6 Å². The number of hydrogen-bond acceptors (Lipinski definition) is 5. The second-order valence-corrected chi connectivity index (χ2v) is 5.38.